The van der Waals surface area contributed by atoms with Crippen LogP contribution in [0.15, 0.2) is 18.5 Å². The van der Waals surface area contributed by atoms with Crippen molar-refractivity contribution in [1.82, 2.24) is 20.6 Å². The van der Waals surface area contributed by atoms with Crippen LogP contribution in [-0.2, 0) is 9.53 Å². The number of ether oxygens (including phenoxy) is 1. The molecule has 2 aromatic rings. The normalized spacial score (nSPS) is 24.0. The van der Waals surface area contributed by atoms with Gasteiger partial charge in [-0.25, -0.2) is 9.78 Å². The number of carbonyl (C=O) groups excluding carboxylic acids is 2. The van der Waals surface area contributed by atoms with Crippen molar-refractivity contribution in [2.75, 3.05) is 23.8 Å². The van der Waals surface area contributed by atoms with Crippen molar-refractivity contribution in [2.24, 2.45) is 0 Å². The van der Waals surface area contributed by atoms with Crippen molar-refractivity contribution in [1.29, 1.82) is 0 Å². The maximum absolute atomic E-state index is 12.5. The molecule has 1 unspecified atom stereocenters. The third-order valence-electron chi connectivity index (χ3n) is 5.50. The van der Waals surface area contributed by atoms with Crippen LogP contribution >= 0.6 is 0 Å². The first kappa shape index (κ1) is 21.2. The lowest BCUT2D eigenvalue weighted by Crippen LogP contribution is -2.41. The Morgan fingerprint density at radius 1 is 1.23 bits per heavy atom. The van der Waals surface area contributed by atoms with Crippen LogP contribution in [0.4, 0.5) is 29.3 Å². The summed E-state index contributed by atoms with van der Waals surface area (Å²) >= 11 is 0. The van der Waals surface area contributed by atoms with Gasteiger partial charge in [-0.15, -0.1) is 0 Å². The summed E-state index contributed by atoms with van der Waals surface area (Å²) < 4.78 is 42.0. The molecule has 4 rings (SSSR count). The first-order chi connectivity index (χ1) is 14.8. The smallest absolute Gasteiger partial charge is 0.407 e. The van der Waals surface area contributed by atoms with E-state index in [1.54, 1.807) is 6.20 Å². The van der Waals surface area contributed by atoms with E-state index in [1.807, 2.05) is 6.07 Å². The van der Waals surface area contributed by atoms with Gasteiger partial charge < -0.3 is 31.0 Å². The van der Waals surface area contributed by atoms with E-state index in [-0.39, 0.29) is 18.7 Å². The lowest BCUT2D eigenvalue weighted by molar-refractivity contribution is -0.126. The van der Waals surface area contributed by atoms with Gasteiger partial charge >= 0.3 is 12.3 Å². The molecule has 1 atom stereocenters. The highest BCUT2D eigenvalue weighted by atomic mass is 19.4. The van der Waals surface area contributed by atoms with Crippen molar-refractivity contribution >= 4 is 34.4 Å². The number of rotatable bonds is 6. The molecule has 5 N–H and O–H groups in total. The summed E-state index contributed by atoms with van der Waals surface area (Å²) in [4.78, 5) is 31.0. The topological polar surface area (TPSA) is 120 Å². The molecular formula is C19H23F3N6O3. The third kappa shape index (κ3) is 5.19. The minimum Gasteiger partial charge on any atom is -0.447 e. The molecular weight excluding hydrogens is 417 g/mol. The van der Waals surface area contributed by atoms with Crippen molar-refractivity contribution in [3.8, 4) is 0 Å². The Balaban J connectivity index is 1.43. The molecule has 2 amide bonds. The van der Waals surface area contributed by atoms with Crippen LogP contribution in [0.5, 0.6) is 0 Å². The van der Waals surface area contributed by atoms with Gasteiger partial charge in [-0.2, -0.15) is 13.2 Å². The number of aromatic nitrogens is 2. The quantitative estimate of drug-likeness (QED) is 0.471. The molecule has 1 saturated heterocycles. The van der Waals surface area contributed by atoms with Gasteiger partial charge in [0.25, 0.3) is 5.91 Å². The first-order valence-corrected chi connectivity index (χ1v) is 10.1. The number of nitrogens with zero attached hydrogens (tertiary/aromatic N) is 1. The second-order valence-corrected chi connectivity index (χ2v) is 7.76. The summed E-state index contributed by atoms with van der Waals surface area (Å²) in [6, 6.07) is 0.902. The highest BCUT2D eigenvalue weighted by Gasteiger charge is 2.31. The molecule has 31 heavy (non-hydrogen) atoms. The van der Waals surface area contributed by atoms with Gasteiger partial charge in [0, 0.05) is 23.7 Å². The van der Waals surface area contributed by atoms with Crippen molar-refractivity contribution < 1.29 is 27.5 Å². The SMILES string of the molecule is O=C1NC(C(=O)Nc2cnc3[nH]ccc3c2NC2CCC(NCC(F)(F)F)CC2)CO1. The second-order valence-electron chi connectivity index (χ2n) is 7.76. The summed E-state index contributed by atoms with van der Waals surface area (Å²) in [6.45, 7) is -1.04. The van der Waals surface area contributed by atoms with Crippen LogP contribution in [-0.4, -0.2) is 59.4 Å². The highest BCUT2D eigenvalue weighted by molar-refractivity contribution is 6.04. The number of halogens is 3. The maximum atomic E-state index is 12.5. The van der Waals surface area contributed by atoms with Gasteiger partial charge in [-0.3, -0.25) is 4.79 Å². The van der Waals surface area contributed by atoms with Gasteiger partial charge in [-0.05, 0) is 31.7 Å². The molecule has 2 aromatic heterocycles. The van der Waals surface area contributed by atoms with Crippen molar-refractivity contribution in [3.63, 3.8) is 0 Å². The van der Waals surface area contributed by atoms with E-state index in [0.29, 0.717) is 42.7 Å². The van der Waals surface area contributed by atoms with Gasteiger partial charge in [0.15, 0.2) is 0 Å². The Morgan fingerprint density at radius 2 is 1.97 bits per heavy atom. The van der Waals surface area contributed by atoms with Crippen LogP contribution < -0.4 is 21.3 Å². The fourth-order valence-corrected chi connectivity index (χ4v) is 3.91. The molecule has 0 bridgehead atoms. The zero-order valence-corrected chi connectivity index (χ0v) is 16.5. The highest BCUT2D eigenvalue weighted by Crippen LogP contribution is 2.33. The zero-order chi connectivity index (χ0) is 22.0. The number of amides is 2. The zero-order valence-electron chi connectivity index (χ0n) is 16.5. The van der Waals surface area contributed by atoms with Crippen molar-refractivity contribution in [2.45, 2.75) is 50.0 Å². The number of hydrogen-bond acceptors (Lipinski definition) is 6. The summed E-state index contributed by atoms with van der Waals surface area (Å²) in [7, 11) is 0. The summed E-state index contributed by atoms with van der Waals surface area (Å²) in [5.41, 5.74) is 1.77. The van der Waals surface area contributed by atoms with E-state index in [9.17, 15) is 22.8 Å². The number of nitrogens with one attached hydrogen (secondary N) is 5. The van der Waals surface area contributed by atoms with Crippen LogP contribution in [0, 0.1) is 0 Å². The number of fused-ring (bicyclic) bond motifs is 1. The molecule has 12 heteroatoms. The van der Waals surface area contributed by atoms with E-state index < -0.39 is 30.8 Å². The number of hydrogen-bond donors (Lipinski definition) is 5. The summed E-state index contributed by atoms with van der Waals surface area (Å²) in [5, 5.41) is 12.0. The average molecular weight is 440 g/mol. The number of alkyl halides is 3. The molecule has 1 aliphatic heterocycles. The lowest BCUT2D eigenvalue weighted by Gasteiger charge is -2.31. The summed E-state index contributed by atoms with van der Waals surface area (Å²) in [6.07, 6.45) is 0.986. The monoisotopic (exact) mass is 440 g/mol. The first-order valence-electron chi connectivity index (χ1n) is 10.1. The summed E-state index contributed by atoms with van der Waals surface area (Å²) in [5.74, 6) is -0.425. The van der Waals surface area contributed by atoms with Crippen molar-refractivity contribution in [3.05, 3.63) is 18.5 Å². The average Bonchev–Trinajstić information content (AvgIpc) is 3.37. The minimum absolute atomic E-state index is 0.0367. The molecule has 0 aromatic carbocycles. The molecule has 1 saturated carbocycles. The van der Waals surface area contributed by atoms with Crippen LogP contribution in [0.1, 0.15) is 25.7 Å². The van der Waals surface area contributed by atoms with Gasteiger partial charge in [0.2, 0.25) is 0 Å². The van der Waals surface area contributed by atoms with E-state index in [2.05, 4.69) is 31.2 Å². The third-order valence-corrected chi connectivity index (χ3v) is 5.50. The predicted octanol–water partition coefficient (Wildman–Crippen LogP) is 2.48. The Labute approximate surface area is 175 Å². The molecule has 1 aliphatic carbocycles. The number of H-pyrrole nitrogens is 1. The fourth-order valence-electron chi connectivity index (χ4n) is 3.91. The number of carbonyl (C=O) groups is 2. The second kappa shape index (κ2) is 8.61. The van der Waals surface area contributed by atoms with Crippen LogP contribution in [0.25, 0.3) is 11.0 Å². The van der Waals surface area contributed by atoms with E-state index in [0.717, 1.165) is 5.39 Å². The molecule has 9 nitrogen and oxygen atoms in total. The number of alkyl carbamates (subject to hydrolysis) is 1. The fraction of sp³-hybridized carbons (Fsp3) is 0.526. The number of aromatic amines is 1. The Morgan fingerprint density at radius 3 is 2.65 bits per heavy atom. The Kier molecular flexibility index (Phi) is 5.90. The van der Waals surface area contributed by atoms with Gasteiger partial charge in [-0.1, -0.05) is 0 Å². The van der Waals surface area contributed by atoms with Gasteiger partial charge in [0.1, 0.15) is 18.3 Å². The molecule has 2 aliphatic rings. The minimum atomic E-state index is -4.22. The Hall–Kier alpha value is -3.02. The van der Waals surface area contributed by atoms with E-state index in [4.69, 9.17) is 4.74 Å². The van der Waals surface area contributed by atoms with E-state index in [1.165, 1.54) is 6.20 Å². The number of anilines is 2. The maximum Gasteiger partial charge on any atom is 0.407 e. The molecule has 0 spiro atoms. The van der Waals surface area contributed by atoms with Crippen LogP contribution in [0.2, 0.25) is 0 Å². The van der Waals surface area contributed by atoms with E-state index >= 15 is 0 Å². The number of cyclic esters (lactones) is 1. The lowest BCUT2D eigenvalue weighted by atomic mass is 9.91. The molecule has 0 radical (unpaired) electrons. The number of pyridine rings is 1. The standard InChI is InChI=1S/C19H23F3N6O3/c20-19(21,22)9-25-10-1-3-11(4-2-10)26-15-12-5-6-23-16(12)24-7-13(15)27-17(29)14-8-31-18(30)28-14/h5-7,10-11,14,25H,1-4,8-9H2,(H,27,29)(H,28,30)(H2,23,24,26). The Bertz CT molecular complexity index is 955. The largest absolute Gasteiger partial charge is 0.447 e. The van der Waals surface area contributed by atoms with Gasteiger partial charge in [0.05, 0.1) is 24.1 Å². The van der Waals surface area contributed by atoms with Crippen LogP contribution in [0.3, 0.4) is 0 Å². The molecule has 2 fully saturated rings. The molecule has 3 heterocycles. The predicted molar refractivity (Wildman–Crippen MR) is 107 cm³/mol. The molecule has 168 valence electrons.